The van der Waals surface area contributed by atoms with Gasteiger partial charge in [0, 0.05) is 16.7 Å². The van der Waals surface area contributed by atoms with Crippen LogP contribution in [0.1, 0.15) is 0 Å². The third-order valence-electron chi connectivity index (χ3n) is 2.81. The average molecular weight is 449 g/mol. The van der Waals surface area contributed by atoms with Crippen LogP contribution in [0.5, 0.6) is 11.5 Å². The van der Waals surface area contributed by atoms with E-state index in [1.54, 1.807) is 36.3 Å². The Balaban J connectivity index is 2.10. The van der Waals surface area contributed by atoms with Crippen LogP contribution in [0.2, 0.25) is 0 Å². The fourth-order valence-electron chi connectivity index (χ4n) is 1.72. The van der Waals surface area contributed by atoms with Gasteiger partial charge in [-0.05, 0) is 41.8 Å². The fraction of sp³-hybridized carbons (Fsp3) is 0.267. The standard InChI is InChI=1S/C15H15Br2NO3S/c1-20-12-4-6-13(7-5-12)21-15(19)18(10-11(17)9-16)14-3-2-8-22-14/h2-8,11H,9-10H2,1H3. The third kappa shape index (κ3) is 4.72. The number of hydrogen-bond acceptors (Lipinski definition) is 4. The molecule has 1 heterocycles. The summed E-state index contributed by atoms with van der Waals surface area (Å²) in [5.74, 6) is 1.20. The van der Waals surface area contributed by atoms with Gasteiger partial charge < -0.3 is 9.47 Å². The van der Waals surface area contributed by atoms with Gasteiger partial charge in [-0.1, -0.05) is 31.9 Å². The quantitative estimate of drug-likeness (QED) is 0.588. The first-order chi connectivity index (χ1) is 10.6. The van der Waals surface area contributed by atoms with Crippen molar-refractivity contribution in [2.45, 2.75) is 4.83 Å². The van der Waals surface area contributed by atoms with E-state index in [1.165, 1.54) is 11.3 Å². The Morgan fingerprint density at radius 1 is 1.27 bits per heavy atom. The minimum Gasteiger partial charge on any atom is -0.497 e. The number of methoxy groups -OCH3 is 1. The van der Waals surface area contributed by atoms with Crippen LogP contribution in [0.4, 0.5) is 9.80 Å². The molecule has 1 unspecified atom stereocenters. The van der Waals surface area contributed by atoms with Crippen LogP contribution in [-0.4, -0.2) is 29.9 Å². The normalized spacial score (nSPS) is 11.8. The molecule has 0 saturated heterocycles. The van der Waals surface area contributed by atoms with Crippen LogP contribution in [0.3, 0.4) is 0 Å². The number of carbonyl (C=O) groups is 1. The zero-order valence-electron chi connectivity index (χ0n) is 11.9. The summed E-state index contributed by atoms with van der Waals surface area (Å²) in [6, 6.07) is 10.7. The summed E-state index contributed by atoms with van der Waals surface area (Å²) in [5, 5.41) is 3.52. The number of amides is 1. The molecule has 118 valence electrons. The molecule has 1 aromatic carbocycles. The summed E-state index contributed by atoms with van der Waals surface area (Å²) in [5.41, 5.74) is 0. The zero-order chi connectivity index (χ0) is 15.9. The lowest BCUT2D eigenvalue weighted by Gasteiger charge is -2.22. The van der Waals surface area contributed by atoms with Gasteiger partial charge in [0.25, 0.3) is 0 Å². The van der Waals surface area contributed by atoms with Crippen molar-refractivity contribution in [3.8, 4) is 11.5 Å². The van der Waals surface area contributed by atoms with Gasteiger partial charge in [-0.15, -0.1) is 11.3 Å². The molecule has 7 heteroatoms. The molecular weight excluding hydrogens is 434 g/mol. The van der Waals surface area contributed by atoms with E-state index in [9.17, 15) is 4.79 Å². The summed E-state index contributed by atoms with van der Waals surface area (Å²) in [7, 11) is 1.59. The maximum atomic E-state index is 12.5. The largest absolute Gasteiger partial charge is 0.497 e. The van der Waals surface area contributed by atoms with Crippen molar-refractivity contribution in [1.82, 2.24) is 0 Å². The van der Waals surface area contributed by atoms with E-state index in [2.05, 4.69) is 31.9 Å². The van der Waals surface area contributed by atoms with Crippen molar-refractivity contribution in [1.29, 1.82) is 0 Å². The van der Waals surface area contributed by atoms with Gasteiger partial charge in [0.2, 0.25) is 0 Å². The molecule has 22 heavy (non-hydrogen) atoms. The van der Waals surface area contributed by atoms with E-state index >= 15 is 0 Å². The molecule has 0 N–H and O–H groups in total. The Morgan fingerprint density at radius 3 is 2.50 bits per heavy atom. The smallest absolute Gasteiger partial charge is 0.420 e. The molecular formula is C15H15Br2NO3S. The van der Waals surface area contributed by atoms with Gasteiger partial charge in [0.1, 0.15) is 16.5 Å². The van der Waals surface area contributed by atoms with Crippen LogP contribution < -0.4 is 14.4 Å². The highest BCUT2D eigenvalue weighted by atomic mass is 79.9. The summed E-state index contributed by atoms with van der Waals surface area (Å²) in [6.07, 6.45) is -0.405. The first-order valence-corrected chi connectivity index (χ1v) is 9.42. The van der Waals surface area contributed by atoms with Gasteiger partial charge in [-0.25, -0.2) is 4.79 Å². The van der Waals surface area contributed by atoms with Crippen LogP contribution in [-0.2, 0) is 0 Å². The first kappa shape index (κ1) is 17.3. The van der Waals surface area contributed by atoms with E-state index in [0.717, 1.165) is 16.1 Å². The maximum absolute atomic E-state index is 12.5. The lowest BCUT2D eigenvalue weighted by atomic mass is 10.3. The fourth-order valence-corrected chi connectivity index (χ4v) is 2.95. The highest BCUT2D eigenvalue weighted by Crippen LogP contribution is 2.25. The average Bonchev–Trinajstić information content (AvgIpc) is 3.07. The molecule has 0 fully saturated rings. The summed E-state index contributed by atoms with van der Waals surface area (Å²) in [4.78, 5) is 14.2. The molecule has 2 rings (SSSR count). The van der Waals surface area contributed by atoms with E-state index < -0.39 is 6.09 Å². The third-order valence-corrected chi connectivity index (χ3v) is 5.96. The Hall–Kier alpha value is -1.05. The van der Waals surface area contributed by atoms with Gasteiger partial charge in [0.05, 0.1) is 7.11 Å². The maximum Gasteiger partial charge on any atom is 0.420 e. The van der Waals surface area contributed by atoms with Gasteiger partial charge >= 0.3 is 6.09 Å². The Morgan fingerprint density at radius 2 is 1.95 bits per heavy atom. The number of benzene rings is 1. The molecule has 0 aliphatic heterocycles. The van der Waals surface area contributed by atoms with E-state index in [-0.39, 0.29) is 4.83 Å². The first-order valence-electron chi connectivity index (χ1n) is 6.51. The minimum absolute atomic E-state index is 0.137. The van der Waals surface area contributed by atoms with Crippen molar-refractivity contribution in [3.63, 3.8) is 0 Å². The number of ether oxygens (including phenoxy) is 2. The number of carbonyl (C=O) groups excluding carboxylic acids is 1. The number of thiophene rings is 1. The van der Waals surface area contributed by atoms with Gasteiger partial charge in [-0.2, -0.15) is 0 Å². The van der Waals surface area contributed by atoms with Gasteiger partial charge in [-0.3, -0.25) is 4.90 Å². The molecule has 0 spiro atoms. The topological polar surface area (TPSA) is 38.8 Å². The number of halogens is 2. The summed E-state index contributed by atoms with van der Waals surface area (Å²) >= 11 is 8.43. The van der Waals surface area contributed by atoms with Crippen LogP contribution in [0.25, 0.3) is 0 Å². The van der Waals surface area contributed by atoms with Crippen LogP contribution >= 0.6 is 43.2 Å². The molecule has 0 bridgehead atoms. The van der Waals surface area contributed by atoms with Crippen molar-refractivity contribution >= 4 is 54.3 Å². The number of nitrogens with zero attached hydrogens (tertiary/aromatic N) is 1. The molecule has 0 radical (unpaired) electrons. The molecule has 0 saturated carbocycles. The zero-order valence-corrected chi connectivity index (χ0v) is 15.9. The Kier molecular flexibility index (Phi) is 6.72. The Bertz CT molecular complexity index is 589. The lowest BCUT2D eigenvalue weighted by Crippen LogP contribution is -2.37. The molecule has 4 nitrogen and oxygen atoms in total. The lowest BCUT2D eigenvalue weighted by molar-refractivity contribution is 0.207. The minimum atomic E-state index is -0.405. The van der Waals surface area contributed by atoms with Crippen molar-refractivity contribution in [2.24, 2.45) is 0 Å². The number of rotatable bonds is 6. The highest BCUT2D eigenvalue weighted by molar-refractivity contribution is 9.12. The predicted octanol–water partition coefficient (Wildman–Crippen LogP) is 4.92. The number of anilines is 1. The van der Waals surface area contributed by atoms with E-state index in [0.29, 0.717) is 12.3 Å². The molecule has 0 aliphatic carbocycles. The second-order valence-electron chi connectivity index (χ2n) is 4.36. The van der Waals surface area contributed by atoms with Crippen molar-refractivity contribution in [3.05, 3.63) is 41.8 Å². The van der Waals surface area contributed by atoms with Gasteiger partial charge in [0.15, 0.2) is 0 Å². The van der Waals surface area contributed by atoms with Crippen LogP contribution in [0.15, 0.2) is 41.8 Å². The number of hydrogen-bond donors (Lipinski definition) is 0. The number of alkyl halides is 2. The summed E-state index contributed by atoms with van der Waals surface area (Å²) in [6.45, 7) is 0.515. The van der Waals surface area contributed by atoms with Crippen molar-refractivity contribution in [2.75, 3.05) is 23.9 Å². The molecule has 1 atom stereocenters. The SMILES string of the molecule is COc1ccc(OC(=O)N(CC(Br)CBr)c2cccs2)cc1. The predicted molar refractivity (Wildman–Crippen MR) is 97.2 cm³/mol. The second-order valence-corrected chi connectivity index (χ2v) is 7.23. The van der Waals surface area contributed by atoms with Crippen LogP contribution in [0, 0.1) is 0 Å². The van der Waals surface area contributed by atoms with E-state index in [1.807, 2.05) is 17.5 Å². The van der Waals surface area contributed by atoms with E-state index in [4.69, 9.17) is 9.47 Å². The second kappa shape index (κ2) is 8.55. The summed E-state index contributed by atoms with van der Waals surface area (Å²) < 4.78 is 10.5. The van der Waals surface area contributed by atoms with Crippen molar-refractivity contribution < 1.29 is 14.3 Å². The molecule has 0 aliphatic rings. The monoisotopic (exact) mass is 447 g/mol. The highest BCUT2D eigenvalue weighted by Gasteiger charge is 2.21. The molecule has 1 amide bonds. The molecule has 1 aromatic heterocycles. The Labute approximate surface area is 150 Å². The molecule has 2 aromatic rings.